The van der Waals surface area contributed by atoms with E-state index < -0.39 is 153 Å². The van der Waals surface area contributed by atoms with Crippen LogP contribution in [-0.4, -0.2) is 338 Å². The number of amides is 9. The Morgan fingerprint density at radius 2 is 0.759 bits per heavy atom. The van der Waals surface area contributed by atoms with Crippen molar-refractivity contribution in [2.24, 2.45) is 0 Å². The van der Waals surface area contributed by atoms with Crippen LogP contribution in [0.1, 0.15) is 175 Å². The lowest BCUT2D eigenvalue weighted by atomic mass is 9.97. The van der Waals surface area contributed by atoms with Gasteiger partial charge in [-0.1, -0.05) is 51.4 Å². The molecule has 0 aromatic rings. The van der Waals surface area contributed by atoms with Crippen molar-refractivity contribution in [2.75, 3.05) is 125 Å². The highest BCUT2D eigenvalue weighted by atomic mass is 32.5. The second kappa shape index (κ2) is 55.6. The molecule has 0 spiro atoms. The van der Waals surface area contributed by atoms with Gasteiger partial charge in [0.05, 0.1) is 66.1 Å². The summed E-state index contributed by atoms with van der Waals surface area (Å²) in [5.41, 5.74) is -1.55. The lowest BCUT2D eigenvalue weighted by molar-refractivity contribution is -0.270. The first-order valence-electron chi connectivity index (χ1n) is 39.4. The lowest BCUT2D eigenvalue weighted by Gasteiger charge is -2.42. The van der Waals surface area contributed by atoms with Crippen LogP contribution in [-0.2, 0) is 102 Å². The van der Waals surface area contributed by atoms with Crippen LogP contribution in [0.25, 0.3) is 0 Å². The van der Waals surface area contributed by atoms with E-state index in [-0.39, 0.29) is 134 Å². The molecule has 17 unspecified atom stereocenters. The van der Waals surface area contributed by atoms with Gasteiger partial charge in [-0.3, -0.25) is 43.2 Å². The summed E-state index contributed by atoms with van der Waals surface area (Å²) in [6, 6.07) is -4.16. The average molecular weight is 1650 g/mol. The van der Waals surface area contributed by atoms with Crippen molar-refractivity contribution in [1.82, 2.24) is 47.4 Å². The largest absolute Gasteiger partial charge is 0.394 e. The normalized spacial score (nSPS) is 26.2. The number of unbranched alkanes of at least 4 members (excludes halogenated alkanes) is 12. The third kappa shape index (κ3) is 38.9. The highest BCUT2D eigenvalue weighted by molar-refractivity contribution is 8.09. The molecule has 4 fully saturated rings. The number of hydrogen-bond acceptors (Lipinski definition) is 29. The molecule has 0 saturated carbocycles. The van der Waals surface area contributed by atoms with Crippen LogP contribution in [0.4, 0.5) is 0 Å². The zero-order chi connectivity index (χ0) is 82.4. The first kappa shape index (κ1) is 99.4. The zero-order valence-electron chi connectivity index (χ0n) is 65.5. The summed E-state index contributed by atoms with van der Waals surface area (Å²) in [4.78, 5) is 128. The minimum atomic E-state index is -2.71. The Morgan fingerprint density at radius 3 is 1.08 bits per heavy atom. The van der Waals surface area contributed by atoms with E-state index in [9.17, 15) is 94.0 Å². The van der Waals surface area contributed by atoms with Gasteiger partial charge in [0, 0.05) is 112 Å². The fraction of sp³-hybridized carbons (Fsp3) is 0.875. The van der Waals surface area contributed by atoms with Crippen molar-refractivity contribution in [3.63, 3.8) is 0 Å². The smallest absolute Gasteiger partial charge is 0.243 e. The van der Waals surface area contributed by atoms with Crippen LogP contribution >= 0.6 is 6.49 Å². The molecule has 648 valence electrons. The molecule has 17 atom stereocenters. The molecule has 0 aromatic heterocycles. The van der Waals surface area contributed by atoms with E-state index in [2.05, 4.69) is 42.5 Å². The molecule has 0 bridgehead atoms. The number of nitrogens with one attached hydrogen (secondary N) is 8. The van der Waals surface area contributed by atoms with Gasteiger partial charge in [-0.2, -0.15) is 0 Å². The highest BCUT2D eigenvalue weighted by Gasteiger charge is 2.48. The van der Waals surface area contributed by atoms with E-state index in [1.54, 1.807) is 0 Å². The van der Waals surface area contributed by atoms with Crippen LogP contribution in [0, 0.1) is 0 Å². The van der Waals surface area contributed by atoms with Crippen LogP contribution < -0.4 is 42.5 Å². The summed E-state index contributed by atoms with van der Waals surface area (Å²) >= 11 is 4.90. The first-order chi connectivity index (χ1) is 53.5. The zero-order valence-corrected chi connectivity index (χ0v) is 67.2. The molecule has 4 aliphatic heterocycles. The second-order valence-corrected chi connectivity index (χ2v) is 32.8. The topological polar surface area (TPSA) is 548 Å². The number of hydrogen-bond donors (Lipinski definition) is 18. The van der Waals surface area contributed by atoms with Crippen molar-refractivity contribution in [3.8, 4) is 0 Å². The van der Waals surface area contributed by atoms with Gasteiger partial charge in [-0.25, -0.2) is 0 Å². The number of rotatable bonds is 59. The Hall–Kier alpha value is -4.92. The van der Waals surface area contributed by atoms with Gasteiger partial charge in [-0.15, -0.1) is 0 Å². The SMILES string of the molecule is CC(=O)NC1C(OCCCCCCNC(=O)CCOCC(COCCC(=O)NCCCCCCOC2OC(CO)C(O)C(O)C2NC(C)=O)(COCCC(=O)NCCCCCCOC2OC(CO)C(O)C(O)C2NC(C)=O)NC(=O)C2CCCN2C(=O)CCCC(=O)NCCCCCCOP(C)(O)=S)OC(CO)C(O)C1O. The maximum atomic E-state index is 14.7. The quantitative estimate of drug-likeness (QED) is 0.0210. The minimum Gasteiger partial charge on any atom is -0.394 e. The van der Waals surface area contributed by atoms with Crippen molar-refractivity contribution in [2.45, 2.75) is 278 Å². The van der Waals surface area contributed by atoms with Gasteiger partial charge >= 0.3 is 0 Å². The molecule has 4 heterocycles. The van der Waals surface area contributed by atoms with E-state index in [0.717, 1.165) is 25.7 Å². The van der Waals surface area contributed by atoms with E-state index in [1.807, 2.05) is 0 Å². The number of likely N-dealkylation sites (tertiary alicyclic amines) is 1. The van der Waals surface area contributed by atoms with Crippen LogP contribution in [0.5, 0.6) is 0 Å². The Bertz CT molecular complexity index is 2610. The molecule has 38 nitrogen and oxygen atoms in total. The van der Waals surface area contributed by atoms with Gasteiger partial charge < -0.3 is 145 Å². The summed E-state index contributed by atoms with van der Waals surface area (Å²) in [7, 11) is 0. The fourth-order valence-electron chi connectivity index (χ4n) is 13.0. The lowest BCUT2D eigenvalue weighted by Crippen LogP contribution is -2.64. The average Bonchev–Trinajstić information content (AvgIpc) is 0.980. The maximum absolute atomic E-state index is 14.7. The van der Waals surface area contributed by atoms with Gasteiger partial charge in [0.1, 0.15) is 84.6 Å². The predicted molar refractivity (Wildman–Crippen MR) is 404 cm³/mol. The number of carbonyl (C=O) groups excluding carboxylic acids is 9. The van der Waals surface area contributed by atoms with Gasteiger partial charge in [0.15, 0.2) is 25.4 Å². The fourth-order valence-corrected chi connectivity index (χ4v) is 13.7. The van der Waals surface area contributed by atoms with Crippen molar-refractivity contribution < 1.29 is 141 Å². The third-order valence-corrected chi connectivity index (χ3v) is 20.1. The summed E-state index contributed by atoms with van der Waals surface area (Å²) in [6.45, 7) is 1.95. The molecule has 4 rings (SSSR count). The van der Waals surface area contributed by atoms with Crippen LogP contribution in [0.15, 0.2) is 0 Å². The third-order valence-electron chi connectivity index (χ3n) is 19.1. The molecule has 4 saturated heterocycles. The highest BCUT2D eigenvalue weighted by Crippen LogP contribution is 2.37. The van der Waals surface area contributed by atoms with Crippen molar-refractivity contribution >= 4 is 71.5 Å². The Labute approximate surface area is 661 Å². The molecule has 18 N–H and O–H groups in total. The van der Waals surface area contributed by atoms with E-state index in [1.165, 1.54) is 32.3 Å². The monoisotopic (exact) mass is 1650 g/mol. The number of ether oxygens (including phenoxy) is 9. The van der Waals surface area contributed by atoms with Crippen molar-refractivity contribution in [1.29, 1.82) is 0 Å². The number of aliphatic hydroxyl groups is 9. The summed E-state index contributed by atoms with van der Waals surface area (Å²) < 4.78 is 58.1. The maximum Gasteiger partial charge on any atom is 0.243 e. The Kier molecular flexibility index (Phi) is 49.4. The molecule has 4 aliphatic rings. The van der Waals surface area contributed by atoms with Gasteiger partial charge in [-0.05, 0) is 82.4 Å². The molecule has 40 heteroatoms. The number of carbonyl (C=O) groups is 9. The summed E-state index contributed by atoms with van der Waals surface area (Å²) in [5.74, 6) is -3.57. The number of aliphatic hydroxyl groups excluding tert-OH is 9. The molecule has 0 aromatic carbocycles. The molecule has 9 amide bonds. The first-order valence-corrected chi connectivity index (χ1v) is 42.6. The summed E-state index contributed by atoms with van der Waals surface area (Å²) in [6.07, 6.45) is -4.09. The number of nitrogens with zero attached hydrogens (tertiary/aromatic N) is 1. The molecular weight excluding hydrogens is 1520 g/mol. The minimum absolute atomic E-state index is 0.0142. The molecular formula is C72H130N9O29PS. The van der Waals surface area contributed by atoms with E-state index in [0.29, 0.717) is 123 Å². The van der Waals surface area contributed by atoms with Crippen LogP contribution in [0.2, 0.25) is 0 Å². The van der Waals surface area contributed by atoms with E-state index in [4.69, 9.17) is 59.0 Å². The van der Waals surface area contributed by atoms with Crippen LogP contribution in [0.3, 0.4) is 0 Å². The van der Waals surface area contributed by atoms with Crippen molar-refractivity contribution in [3.05, 3.63) is 0 Å². The summed E-state index contributed by atoms with van der Waals surface area (Å²) in [5, 5.41) is 114. The second-order valence-electron chi connectivity index (χ2n) is 28.9. The standard InChI is InChI=1S/C72H130N9O29PS/c1-47(85)77-59-65(96)62(93)51(41-82)108-69(59)104-34-17-9-5-13-30-74-55(89)26-38-101-44-72(80-68(99)50-23-22-33-81(50)58(92)25-21-24-54(88)73-29-16-8-12-20-37-107-111(4,100)112,45-102-39-27-56(90)75-31-14-6-10-18-35-105-70-60(78-48(2)86)66(97)63(94)52(42-83)109-70)46-103-40-28-57(91)76-32-15-7-11-19-36-106-71-61(79-49(3)87)67(98)64(95)53(43-84)110-71/h50-53,59-67,69-71,82-84,93-98H,5-46H2,1-4H3,(H,73,88)(H,74,89)(H,75,90)(H,76,91)(H,77,85)(H,78,86)(H,79,87)(H,80,99)(H,100,112). The predicted octanol–water partition coefficient (Wildman–Crippen LogP) is -3.24. The van der Waals surface area contributed by atoms with E-state index >= 15 is 0 Å². The molecule has 0 aliphatic carbocycles. The van der Waals surface area contributed by atoms with Gasteiger partial charge in [0.2, 0.25) is 53.2 Å². The van der Waals surface area contributed by atoms with Gasteiger partial charge in [0.25, 0.3) is 0 Å². The molecule has 112 heavy (non-hydrogen) atoms. The molecule has 0 radical (unpaired) electrons. The Morgan fingerprint density at radius 1 is 0.438 bits per heavy atom. The Balaban J connectivity index is 1.38.